The molecule has 0 unspecified atom stereocenters. The average Bonchev–Trinajstić information content (AvgIpc) is 2.73. The molecular formula is C21H27ClN2O2S. The number of anilines is 1. The Morgan fingerprint density at radius 1 is 1.04 bits per heavy atom. The molecule has 0 spiro atoms. The van der Waals surface area contributed by atoms with Crippen molar-refractivity contribution < 1.29 is 8.42 Å². The second-order valence-corrected chi connectivity index (χ2v) is 9.39. The van der Waals surface area contributed by atoms with Crippen molar-refractivity contribution in [2.75, 3.05) is 17.9 Å². The van der Waals surface area contributed by atoms with Crippen LogP contribution in [-0.2, 0) is 10.0 Å². The summed E-state index contributed by atoms with van der Waals surface area (Å²) in [5, 5.41) is 4.02. The van der Waals surface area contributed by atoms with Gasteiger partial charge in [0.05, 0.1) is 16.6 Å². The number of nitrogens with zero attached hydrogens (tertiary/aromatic N) is 1. The first kappa shape index (κ1) is 20.2. The van der Waals surface area contributed by atoms with Crippen molar-refractivity contribution in [2.24, 2.45) is 0 Å². The molecule has 0 radical (unpaired) electrons. The van der Waals surface area contributed by atoms with Gasteiger partial charge < -0.3 is 5.32 Å². The van der Waals surface area contributed by atoms with Gasteiger partial charge in [0.25, 0.3) is 10.0 Å². The molecule has 1 atom stereocenters. The van der Waals surface area contributed by atoms with E-state index in [1.807, 2.05) is 30.3 Å². The zero-order valence-corrected chi connectivity index (χ0v) is 17.5. The minimum absolute atomic E-state index is 0.181. The van der Waals surface area contributed by atoms with Crippen LogP contribution >= 0.6 is 11.6 Å². The van der Waals surface area contributed by atoms with Crippen LogP contribution in [0.1, 0.15) is 56.2 Å². The van der Waals surface area contributed by atoms with Crippen LogP contribution < -0.4 is 9.62 Å². The molecule has 0 aliphatic carbocycles. The predicted molar refractivity (Wildman–Crippen MR) is 112 cm³/mol. The molecule has 0 fully saturated rings. The van der Waals surface area contributed by atoms with Crippen molar-refractivity contribution in [3.8, 4) is 0 Å². The van der Waals surface area contributed by atoms with Crippen molar-refractivity contribution in [3.05, 3.63) is 58.6 Å². The van der Waals surface area contributed by atoms with Crippen LogP contribution in [0.4, 0.5) is 5.69 Å². The number of rotatable bonds is 7. The third-order valence-corrected chi connectivity index (χ3v) is 7.20. The summed E-state index contributed by atoms with van der Waals surface area (Å²) in [6, 6.07) is 12.7. The smallest absolute Gasteiger partial charge is 0.264 e. The molecule has 4 nitrogen and oxygen atoms in total. The van der Waals surface area contributed by atoms with Gasteiger partial charge in [-0.3, -0.25) is 4.31 Å². The standard InChI is InChI=1S/C21H27ClN2O2S/c1-3-4-5-6-9-14-23-21-17-10-7-8-11-19(17)24(2)27(25,26)20-15-16(22)12-13-18(20)21/h7-8,10-13,15,21,23H,3-6,9,14H2,1-2H3/t21-/m1/s1. The van der Waals surface area contributed by atoms with Gasteiger partial charge in [-0.15, -0.1) is 0 Å². The number of sulfonamides is 1. The minimum Gasteiger partial charge on any atom is -0.306 e. The Kier molecular flexibility index (Phi) is 6.45. The first-order valence-electron chi connectivity index (χ1n) is 9.57. The monoisotopic (exact) mass is 406 g/mol. The van der Waals surface area contributed by atoms with Gasteiger partial charge in [0.1, 0.15) is 0 Å². The molecule has 0 saturated carbocycles. The van der Waals surface area contributed by atoms with E-state index in [0.29, 0.717) is 10.7 Å². The van der Waals surface area contributed by atoms with E-state index in [4.69, 9.17) is 11.6 Å². The fourth-order valence-electron chi connectivity index (χ4n) is 3.63. The van der Waals surface area contributed by atoms with Crippen LogP contribution in [0.5, 0.6) is 0 Å². The highest BCUT2D eigenvalue weighted by Gasteiger charge is 2.34. The first-order valence-corrected chi connectivity index (χ1v) is 11.4. The molecule has 1 heterocycles. The summed E-state index contributed by atoms with van der Waals surface area (Å²) in [6.07, 6.45) is 5.98. The minimum atomic E-state index is -3.66. The third-order valence-electron chi connectivity index (χ3n) is 5.14. The van der Waals surface area contributed by atoms with Gasteiger partial charge in [-0.05, 0) is 42.3 Å². The highest BCUT2D eigenvalue weighted by molar-refractivity contribution is 7.92. The number of halogens is 1. The molecule has 1 N–H and O–H groups in total. The van der Waals surface area contributed by atoms with Gasteiger partial charge in [-0.25, -0.2) is 8.42 Å². The number of para-hydroxylation sites is 1. The van der Waals surface area contributed by atoms with Gasteiger partial charge in [0.15, 0.2) is 0 Å². The van der Waals surface area contributed by atoms with Crippen LogP contribution in [0.3, 0.4) is 0 Å². The molecule has 2 aromatic carbocycles. The molecule has 2 aromatic rings. The summed E-state index contributed by atoms with van der Waals surface area (Å²) in [6.45, 7) is 3.05. The lowest BCUT2D eigenvalue weighted by Crippen LogP contribution is -2.26. The topological polar surface area (TPSA) is 49.4 Å². The fourth-order valence-corrected chi connectivity index (χ4v) is 5.34. The van der Waals surface area contributed by atoms with Crippen molar-refractivity contribution in [3.63, 3.8) is 0 Å². The Bertz CT molecular complexity index is 899. The highest BCUT2D eigenvalue weighted by Crippen LogP contribution is 2.40. The summed E-state index contributed by atoms with van der Waals surface area (Å²) >= 11 is 6.14. The quantitative estimate of drug-likeness (QED) is 0.648. The van der Waals surface area contributed by atoms with Crippen molar-refractivity contribution in [1.82, 2.24) is 5.32 Å². The van der Waals surface area contributed by atoms with E-state index in [-0.39, 0.29) is 10.9 Å². The molecule has 0 bridgehead atoms. The number of benzene rings is 2. The summed E-state index contributed by atoms with van der Waals surface area (Å²) in [4.78, 5) is 0.275. The second kappa shape index (κ2) is 8.63. The molecule has 1 aliphatic heterocycles. The molecule has 3 rings (SSSR count). The zero-order valence-electron chi connectivity index (χ0n) is 15.9. The van der Waals surface area contributed by atoms with Crippen molar-refractivity contribution in [1.29, 1.82) is 0 Å². The lowest BCUT2D eigenvalue weighted by molar-refractivity contribution is 0.544. The van der Waals surface area contributed by atoms with Gasteiger partial charge >= 0.3 is 0 Å². The maximum Gasteiger partial charge on any atom is 0.264 e. The van der Waals surface area contributed by atoms with Gasteiger partial charge in [-0.2, -0.15) is 0 Å². The Labute approximate surface area is 167 Å². The molecule has 0 aromatic heterocycles. The summed E-state index contributed by atoms with van der Waals surface area (Å²) in [5.74, 6) is 0. The molecule has 6 heteroatoms. The van der Waals surface area contributed by atoms with Gasteiger partial charge in [0, 0.05) is 12.1 Å². The van der Waals surface area contributed by atoms with Crippen molar-refractivity contribution >= 4 is 27.3 Å². The van der Waals surface area contributed by atoms with Crippen LogP contribution in [0.25, 0.3) is 0 Å². The average molecular weight is 407 g/mol. The molecule has 27 heavy (non-hydrogen) atoms. The number of nitrogens with one attached hydrogen (secondary N) is 1. The maximum atomic E-state index is 13.2. The van der Waals surface area contributed by atoms with E-state index in [0.717, 1.165) is 24.1 Å². The van der Waals surface area contributed by atoms with Gasteiger partial charge in [-0.1, -0.05) is 68.5 Å². The molecule has 0 amide bonds. The normalized spacial score (nSPS) is 17.9. The number of hydrogen-bond donors (Lipinski definition) is 1. The fraction of sp³-hybridized carbons (Fsp3) is 0.429. The van der Waals surface area contributed by atoms with Crippen LogP contribution in [-0.4, -0.2) is 22.0 Å². The summed E-state index contributed by atoms with van der Waals surface area (Å²) in [7, 11) is -2.06. The van der Waals surface area contributed by atoms with E-state index in [1.165, 1.54) is 30.0 Å². The molecule has 1 aliphatic rings. The number of fused-ring (bicyclic) bond motifs is 2. The molecule has 0 saturated heterocycles. The van der Waals surface area contributed by atoms with E-state index >= 15 is 0 Å². The lowest BCUT2D eigenvalue weighted by Gasteiger charge is -2.22. The Morgan fingerprint density at radius 2 is 1.78 bits per heavy atom. The first-order chi connectivity index (χ1) is 13.0. The lowest BCUT2D eigenvalue weighted by atomic mass is 9.96. The largest absolute Gasteiger partial charge is 0.306 e. The summed E-state index contributed by atoms with van der Waals surface area (Å²) in [5.41, 5.74) is 2.43. The maximum absolute atomic E-state index is 13.2. The molecule has 146 valence electrons. The van der Waals surface area contributed by atoms with Crippen molar-refractivity contribution in [2.45, 2.75) is 50.0 Å². The SMILES string of the molecule is CCCCCCCN[C@@H]1c2ccccc2N(C)S(=O)(=O)c2cc(Cl)ccc21. The predicted octanol–water partition coefficient (Wildman–Crippen LogP) is 5.13. The van der Waals surface area contributed by atoms with E-state index in [9.17, 15) is 8.42 Å². The van der Waals surface area contributed by atoms with E-state index in [1.54, 1.807) is 19.2 Å². The van der Waals surface area contributed by atoms with E-state index in [2.05, 4.69) is 12.2 Å². The third kappa shape index (κ3) is 4.15. The number of unbranched alkanes of at least 4 members (excludes halogenated alkanes) is 4. The summed E-state index contributed by atoms with van der Waals surface area (Å²) < 4.78 is 27.7. The van der Waals surface area contributed by atoms with Crippen LogP contribution in [0, 0.1) is 0 Å². The van der Waals surface area contributed by atoms with E-state index < -0.39 is 10.0 Å². The molecular weight excluding hydrogens is 380 g/mol. The van der Waals surface area contributed by atoms with Gasteiger partial charge in [0.2, 0.25) is 0 Å². The number of hydrogen-bond acceptors (Lipinski definition) is 3. The Morgan fingerprint density at radius 3 is 2.56 bits per heavy atom. The van der Waals surface area contributed by atoms with Crippen LogP contribution in [0.2, 0.25) is 5.02 Å². The second-order valence-electron chi connectivity index (χ2n) is 7.01. The van der Waals surface area contributed by atoms with Crippen LogP contribution in [0.15, 0.2) is 47.4 Å². The Balaban J connectivity index is 1.98. The highest BCUT2D eigenvalue weighted by atomic mass is 35.5. The Hall–Kier alpha value is -1.56. The zero-order chi connectivity index (χ0) is 19.4.